The fraction of sp³-hybridized carbons (Fsp3) is 0.345. The Bertz CT molecular complexity index is 1170. The van der Waals surface area contributed by atoms with Crippen molar-refractivity contribution in [2.24, 2.45) is 5.92 Å². The van der Waals surface area contributed by atoms with Crippen molar-refractivity contribution < 1.29 is 19.1 Å². The van der Waals surface area contributed by atoms with Crippen molar-refractivity contribution in [1.29, 1.82) is 0 Å². The number of carbonyl (C=O) groups excluding carboxylic acids is 3. The van der Waals surface area contributed by atoms with Gasteiger partial charge in [0.05, 0.1) is 7.11 Å². The summed E-state index contributed by atoms with van der Waals surface area (Å²) in [6, 6.07) is 12.1. The van der Waals surface area contributed by atoms with Crippen molar-refractivity contribution in [3.63, 3.8) is 0 Å². The maximum absolute atomic E-state index is 13.4. The number of Topliss-reactive ketones (excluding diaryl/α,β-unsaturated/α-hetero) is 1. The molecule has 0 radical (unpaired) electrons. The first-order valence-electron chi connectivity index (χ1n) is 12.1. The molecule has 1 N–H and O–H groups in total. The van der Waals surface area contributed by atoms with Gasteiger partial charge in [-0.05, 0) is 68.2 Å². The van der Waals surface area contributed by atoms with Gasteiger partial charge in [0.25, 0.3) is 0 Å². The minimum absolute atomic E-state index is 0.118. The fourth-order valence-electron chi connectivity index (χ4n) is 4.29. The summed E-state index contributed by atoms with van der Waals surface area (Å²) < 4.78 is 5.68. The Balaban J connectivity index is 1.96. The van der Waals surface area contributed by atoms with E-state index >= 15 is 0 Å². The lowest BCUT2D eigenvalue weighted by Gasteiger charge is -2.33. The van der Waals surface area contributed by atoms with Gasteiger partial charge in [0, 0.05) is 35.1 Å². The molecule has 1 unspecified atom stereocenters. The Morgan fingerprint density at radius 2 is 1.86 bits per heavy atom. The molecule has 0 heterocycles. The number of amides is 1. The second kappa shape index (κ2) is 12.5. The van der Waals surface area contributed by atoms with Crippen LogP contribution in [0.3, 0.4) is 0 Å². The van der Waals surface area contributed by atoms with Gasteiger partial charge in [0.2, 0.25) is 5.91 Å². The van der Waals surface area contributed by atoms with E-state index in [9.17, 15) is 14.4 Å². The molecule has 1 aliphatic carbocycles. The van der Waals surface area contributed by atoms with Gasteiger partial charge in [-0.2, -0.15) is 0 Å². The molecular formula is C29H33ClN2O4. The van der Waals surface area contributed by atoms with Crippen molar-refractivity contribution in [2.75, 3.05) is 19.5 Å². The van der Waals surface area contributed by atoms with E-state index in [2.05, 4.69) is 5.32 Å². The molecule has 190 valence electrons. The first-order chi connectivity index (χ1) is 17.2. The first-order valence-corrected chi connectivity index (χ1v) is 12.4. The maximum atomic E-state index is 13.4. The van der Waals surface area contributed by atoms with Crippen LogP contribution >= 0.6 is 11.6 Å². The number of likely N-dealkylation sites (N-methyl/N-ethyl adjacent to an activating group) is 1. The number of methoxy groups -OCH3 is 1. The maximum Gasteiger partial charge on any atom is 0.247 e. The van der Waals surface area contributed by atoms with Crippen LogP contribution in [0.25, 0.3) is 5.57 Å². The van der Waals surface area contributed by atoms with Gasteiger partial charge in [0.15, 0.2) is 5.78 Å². The zero-order valence-corrected chi connectivity index (χ0v) is 22.0. The summed E-state index contributed by atoms with van der Waals surface area (Å²) >= 11 is 6.23. The summed E-state index contributed by atoms with van der Waals surface area (Å²) in [6.07, 6.45) is 7.77. The Morgan fingerprint density at radius 1 is 1.17 bits per heavy atom. The number of hydrogen-bond donors (Lipinski definition) is 1. The predicted octanol–water partition coefficient (Wildman–Crippen LogP) is 6.05. The van der Waals surface area contributed by atoms with E-state index in [1.807, 2.05) is 43.1 Å². The molecule has 36 heavy (non-hydrogen) atoms. The molecule has 0 bridgehead atoms. The number of ether oxygens (including phenoxy) is 1. The molecule has 1 aliphatic rings. The number of benzene rings is 2. The average Bonchev–Trinajstić information content (AvgIpc) is 2.81. The molecule has 1 atom stereocenters. The molecule has 0 aromatic heterocycles. The van der Waals surface area contributed by atoms with Crippen molar-refractivity contribution in [3.05, 3.63) is 82.2 Å². The van der Waals surface area contributed by atoms with Gasteiger partial charge in [-0.15, -0.1) is 0 Å². The number of nitrogens with zero attached hydrogens (tertiary/aromatic N) is 1. The van der Waals surface area contributed by atoms with Crippen LogP contribution in [0.15, 0.2) is 60.5 Å². The third-order valence-corrected chi connectivity index (χ3v) is 6.82. The highest BCUT2D eigenvalue weighted by atomic mass is 35.5. The Morgan fingerprint density at radius 3 is 2.42 bits per heavy atom. The number of aryl methyl sites for hydroxylation is 1. The molecule has 0 saturated heterocycles. The van der Waals surface area contributed by atoms with Crippen molar-refractivity contribution >= 4 is 40.8 Å². The number of allylic oxidation sites excluding steroid dienone is 2. The smallest absolute Gasteiger partial charge is 0.247 e. The Hall–Kier alpha value is -3.38. The second-order valence-electron chi connectivity index (χ2n) is 9.23. The third-order valence-electron chi connectivity index (χ3n) is 6.59. The van der Waals surface area contributed by atoms with Gasteiger partial charge < -0.3 is 15.0 Å². The summed E-state index contributed by atoms with van der Waals surface area (Å²) in [5.41, 5.74) is 3.17. The molecule has 0 aliphatic heterocycles. The average molecular weight is 509 g/mol. The van der Waals surface area contributed by atoms with Crippen LogP contribution in [0.4, 0.5) is 5.69 Å². The van der Waals surface area contributed by atoms with Crippen LogP contribution < -0.4 is 5.32 Å². The predicted molar refractivity (Wildman–Crippen MR) is 144 cm³/mol. The fourth-order valence-corrected chi connectivity index (χ4v) is 4.46. The summed E-state index contributed by atoms with van der Waals surface area (Å²) in [5, 5.41) is 3.46. The van der Waals surface area contributed by atoms with Crippen molar-refractivity contribution in [1.82, 2.24) is 4.90 Å². The number of ketones is 1. The van der Waals surface area contributed by atoms with E-state index in [0.717, 1.165) is 24.1 Å². The van der Waals surface area contributed by atoms with Crippen LogP contribution in [0, 0.1) is 12.8 Å². The largest absolute Gasteiger partial charge is 0.495 e. The number of aldehydes is 1. The zero-order chi connectivity index (χ0) is 26.2. The number of rotatable bonds is 11. The van der Waals surface area contributed by atoms with E-state index in [1.165, 1.54) is 26.5 Å². The molecule has 0 spiro atoms. The molecule has 2 aromatic carbocycles. The standard InChI is InChI=1S/C29H33ClN2O4/c1-19-8-11-23(12-9-19)31-29(35)27(16-21-6-5-7-21)32(3)18-28(36-4)25(14-15-33)26-17-22(30)10-13-24(26)20(2)34/h8-15,17-18,21,27H,5-7,16H2,1-4H3,(H,31,35)/b25-14-,28-18+. The van der Waals surface area contributed by atoms with Crippen molar-refractivity contribution in [2.45, 2.75) is 45.6 Å². The number of halogens is 1. The number of hydrogen-bond acceptors (Lipinski definition) is 5. The van der Waals surface area contributed by atoms with Crippen LogP contribution in [0.1, 0.15) is 54.1 Å². The van der Waals surface area contributed by atoms with Gasteiger partial charge in [0.1, 0.15) is 18.1 Å². The first kappa shape index (κ1) is 27.2. The number of anilines is 1. The molecule has 6 nitrogen and oxygen atoms in total. The van der Waals surface area contributed by atoms with E-state index in [0.29, 0.717) is 46.1 Å². The highest BCUT2D eigenvalue weighted by Gasteiger charge is 2.29. The minimum atomic E-state index is -0.453. The zero-order valence-electron chi connectivity index (χ0n) is 21.2. The lowest BCUT2D eigenvalue weighted by molar-refractivity contribution is -0.120. The summed E-state index contributed by atoms with van der Waals surface area (Å²) in [4.78, 5) is 39.1. The normalized spacial score (nSPS) is 15.0. The van der Waals surface area contributed by atoms with Gasteiger partial charge in [-0.25, -0.2) is 0 Å². The van der Waals surface area contributed by atoms with E-state index in [-0.39, 0.29) is 11.7 Å². The lowest BCUT2D eigenvalue weighted by atomic mass is 9.80. The summed E-state index contributed by atoms with van der Waals surface area (Å²) in [7, 11) is 3.31. The van der Waals surface area contributed by atoms with Crippen LogP contribution in [-0.4, -0.2) is 43.1 Å². The topological polar surface area (TPSA) is 75.7 Å². The highest BCUT2D eigenvalue weighted by Crippen LogP contribution is 2.33. The summed E-state index contributed by atoms with van der Waals surface area (Å²) in [5.74, 6) is 0.537. The van der Waals surface area contributed by atoms with Gasteiger partial charge >= 0.3 is 0 Å². The minimum Gasteiger partial charge on any atom is -0.495 e. The molecule has 7 heteroatoms. The number of nitrogens with one attached hydrogen (secondary N) is 1. The molecule has 1 amide bonds. The molecule has 1 saturated carbocycles. The Labute approximate surface area is 218 Å². The molecule has 3 rings (SSSR count). The van der Waals surface area contributed by atoms with Gasteiger partial charge in [-0.3, -0.25) is 14.4 Å². The number of carbonyl (C=O) groups is 3. The molecular weight excluding hydrogens is 476 g/mol. The quantitative estimate of drug-likeness (QED) is 0.131. The van der Waals surface area contributed by atoms with Crippen LogP contribution in [0.2, 0.25) is 5.02 Å². The van der Waals surface area contributed by atoms with E-state index in [4.69, 9.17) is 16.3 Å². The monoisotopic (exact) mass is 508 g/mol. The summed E-state index contributed by atoms with van der Waals surface area (Å²) in [6.45, 7) is 3.45. The second-order valence-corrected chi connectivity index (χ2v) is 9.67. The Kier molecular flexibility index (Phi) is 9.48. The highest BCUT2D eigenvalue weighted by molar-refractivity contribution is 6.31. The van der Waals surface area contributed by atoms with Gasteiger partial charge in [-0.1, -0.05) is 48.6 Å². The van der Waals surface area contributed by atoms with E-state index < -0.39 is 6.04 Å². The van der Waals surface area contributed by atoms with Crippen LogP contribution in [-0.2, 0) is 14.3 Å². The molecule has 2 aromatic rings. The van der Waals surface area contributed by atoms with E-state index in [1.54, 1.807) is 24.4 Å². The molecule has 1 fully saturated rings. The van der Waals surface area contributed by atoms with Crippen LogP contribution in [0.5, 0.6) is 0 Å². The SMILES string of the molecule is COC(=C/N(C)C(CC1CCC1)C(=O)Nc1ccc(C)cc1)/C(=C\C=O)c1cc(Cl)ccc1C(C)=O. The van der Waals surface area contributed by atoms with Crippen molar-refractivity contribution in [3.8, 4) is 0 Å². The third kappa shape index (κ3) is 6.85. The lowest BCUT2D eigenvalue weighted by Crippen LogP contribution is -2.41.